The van der Waals surface area contributed by atoms with E-state index >= 15 is 0 Å². The second-order valence-electron chi connectivity index (χ2n) is 3.97. The van der Waals surface area contributed by atoms with E-state index in [2.05, 4.69) is 5.32 Å². The molecule has 0 bridgehead atoms. The number of anilines is 2. The maximum atomic E-state index is 12.1. The van der Waals surface area contributed by atoms with Crippen LogP contribution in [-0.4, -0.2) is 5.91 Å². The number of nitrogens with two attached hydrogens (primary N) is 1. The minimum absolute atomic E-state index is 0.209. The third-order valence-corrected chi connectivity index (χ3v) is 3.69. The molecule has 2 rings (SSSR count). The Bertz CT molecular complexity index is 645. The molecular formula is C13H8Cl4N2O. The average molecular weight is 350 g/mol. The van der Waals surface area contributed by atoms with E-state index in [-0.39, 0.29) is 21.3 Å². The fourth-order valence-electron chi connectivity index (χ4n) is 1.57. The molecule has 0 saturated carbocycles. The van der Waals surface area contributed by atoms with Crippen LogP contribution in [0, 0.1) is 0 Å². The number of hydrogen-bond donors (Lipinski definition) is 2. The molecule has 0 unspecified atom stereocenters. The summed E-state index contributed by atoms with van der Waals surface area (Å²) in [5.41, 5.74) is 6.65. The number of rotatable bonds is 2. The van der Waals surface area contributed by atoms with Crippen LogP contribution in [0.5, 0.6) is 0 Å². The Balaban J connectivity index is 2.28. The van der Waals surface area contributed by atoms with Gasteiger partial charge in [0.2, 0.25) is 0 Å². The van der Waals surface area contributed by atoms with Gasteiger partial charge in [-0.25, -0.2) is 0 Å². The zero-order chi connectivity index (χ0) is 14.9. The summed E-state index contributed by atoms with van der Waals surface area (Å²) in [6.07, 6.45) is 0. The summed E-state index contributed by atoms with van der Waals surface area (Å²) in [5.74, 6) is -0.395. The highest BCUT2D eigenvalue weighted by atomic mass is 35.5. The molecule has 1 amide bonds. The molecular weight excluding hydrogens is 342 g/mol. The third-order valence-electron chi connectivity index (χ3n) is 2.44. The van der Waals surface area contributed by atoms with Gasteiger partial charge in [-0.2, -0.15) is 0 Å². The van der Waals surface area contributed by atoms with Gasteiger partial charge in [0.1, 0.15) is 0 Å². The lowest BCUT2D eigenvalue weighted by Gasteiger charge is -2.08. The van der Waals surface area contributed by atoms with E-state index in [1.165, 1.54) is 12.1 Å². The van der Waals surface area contributed by atoms with Crippen LogP contribution in [0.3, 0.4) is 0 Å². The Kier molecular flexibility index (Phi) is 4.66. The number of nitrogen functional groups attached to an aromatic ring is 1. The topological polar surface area (TPSA) is 55.1 Å². The summed E-state index contributed by atoms with van der Waals surface area (Å²) in [4.78, 5) is 12.1. The van der Waals surface area contributed by atoms with Crippen molar-refractivity contribution < 1.29 is 4.79 Å². The SMILES string of the molecule is Nc1cc(C(=O)Nc2cc(Cl)cc(Cl)c2)cc(Cl)c1Cl. The molecule has 2 aromatic carbocycles. The maximum Gasteiger partial charge on any atom is 0.255 e. The fraction of sp³-hybridized carbons (Fsp3) is 0. The molecule has 2 aromatic rings. The smallest absolute Gasteiger partial charge is 0.255 e. The van der Waals surface area contributed by atoms with E-state index in [9.17, 15) is 4.79 Å². The third kappa shape index (κ3) is 3.49. The van der Waals surface area contributed by atoms with Crippen LogP contribution in [0.1, 0.15) is 10.4 Å². The van der Waals surface area contributed by atoms with Crippen molar-refractivity contribution in [2.45, 2.75) is 0 Å². The van der Waals surface area contributed by atoms with Gasteiger partial charge in [-0.1, -0.05) is 46.4 Å². The number of benzene rings is 2. The van der Waals surface area contributed by atoms with Gasteiger partial charge >= 0.3 is 0 Å². The second kappa shape index (κ2) is 6.10. The molecule has 0 heterocycles. The van der Waals surface area contributed by atoms with Crippen molar-refractivity contribution in [1.29, 1.82) is 0 Å². The highest BCUT2D eigenvalue weighted by Crippen LogP contribution is 2.30. The standard InChI is InChI=1S/C13H8Cl4N2O/c14-7-3-8(15)5-9(4-7)19-13(20)6-1-10(16)12(17)11(18)2-6/h1-5H,18H2,(H,19,20). The summed E-state index contributed by atoms with van der Waals surface area (Å²) in [6.45, 7) is 0. The second-order valence-corrected chi connectivity index (χ2v) is 5.63. The van der Waals surface area contributed by atoms with Crippen molar-refractivity contribution in [3.05, 3.63) is 56.0 Å². The molecule has 20 heavy (non-hydrogen) atoms. The quantitative estimate of drug-likeness (QED) is 0.738. The number of carbonyl (C=O) groups is 1. The maximum absolute atomic E-state index is 12.1. The summed E-state index contributed by atoms with van der Waals surface area (Å²) < 4.78 is 0. The van der Waals surface area contributed by atoms with Gasteiger partial charge in [0.15, 0.2) is 0 Å². The summed E-state index contributed by atoms with van der Waals surface area (Å²) in [6, 6.07) is 7.59. The Morgan fingerprint density at radius 1 is 0.950 bits per heavy atom. The molecule has 3 nitrogen and oxygen atoms in total. The first-order valence-corrected chi connectivity index (χ1v) is 6.90. The van der Waals surface area contributed by atoms with E-state index in [1.807, 2.05) is 0 Å². The molecule has 0 aliphatic heterocycles. The van der Waals surface area contributed by atoms with Gasteiger partial charge in [-0.3, -0.25) is 4.79 Å². The van der Waals surface area contributed by atoms with E-state index in [1.54, 1.807) is 18.2 Å². The van der Waals surface area contributed by atoms with Gasteiger partial charge in [0.05, 0.1) is 15.7 Å². The molecule has 3 N–H and O–H groups in total. The van der Waals surface area contributed by atoms with E-state index in [4.69, 9.17) is 52.1 Å². The van der Waals surface area contributed by atoms with Crippen molar-refractivity contribution in [3.63, 3.8) is 0 Å². The van der Waals surface area contributed by atoms with Crippen LogP contribution in [0.4, 0.5) is 11.4 Å². The van der Waals surface area contributed by atoms with E-state index < -0.39 is 5.91 Å². The molecule has 0 aliphatic carbocycles. The minimum atomic E-state index is -0.395. The van der Waals surface area contributed by atoms with Crippen LogP contribution in [0.15, 0.2) is 30.3 Å². The largest absolute Gasteiger partial charge is 0.397 e. The lowest BCUT2D eigenvalue weighted by Crippen LogP contribution is -2.12. The summed E-state index contributed by atoms with van der Waals surface area (Å²) in [5, 5.41) is 3.91. The lowest BCUT2D eigenvalue weighted by molar-refractivity contribution is 0.102. The Morgan fingerprint density at radius 2 is 1.55 bits per heavy atom. The van der Waals surface area contributed by atoms with E-state index in [0.29, 0.717) is 15.7 Å². The van der Waals surface area contributed by atoms with Crippen LogP contribution < -0.4 is 11.1 Å². The number of nitrogens with one attached hydrogen (secondary N) is 1. The molecule has 7 heteroatoms. The van der Waals surface area contributed by atoms with Crippen molar-refractivity contribution in [2.75, 3.05) is 11.1 Å². The first-order chi connectivity index (χ1) is 9.36. The lowest BCUT2D eigenvalue weighted by atomic mass is 10.2. The molecule has 0 saturated heterocycles. The summed E-state index contributed by atoms with van der Waals surface area (Å²) in [7, 11) is 0. The van der Waals surface area contributed by atoms with Gasteiger partial charge in [-0.05, 0) is 30.3 Å². The molecule has 0 radical (unpaired) electrons. The zero-order valence-electron chi connectivity index (χ0n) is 9.88. The predicted octanol–water partition coefficient (Wildman–Crippen LogP) is 5.13. The molecule has 0 aliphatic rings. The number of amides is 1. The van der Waals surface area contributed by atoms with Crippen LogP contribution in [0.25, 0.3) is 0 Å². The number of hydrogen-bond acceptors (Lipinski definition) is 2. The predicted molar refractivity (Wildman–Crippen MR) is 85.3 cm³/mol. The Morgan fingerprint density at radius 3 is 2.10 bits per heavy atom. The fourth-order valence-corrected chi connectivity index (χ4v) is 2.43. The monoisotopic (exact) mass is 348 g/mol. The minimum Gasteiger partial charge on any atom is -0.397 e. The first-order valence-electron chi connectivity index (χ1n) is 5.39. The summed E-state index contributed by atoms with van der Waals surface area (Å²) >= 11 is 23.4. The highest BCUT2D eigenvalue weighted by Gasteiger charge is 2.12. The van der Waals surface area contributed by atoms with Gasteiger partial charge in [-0.15, -0.1) is 0 Å². The molecule has 0 fully saturated rings. The average Bonchev–Trinajstić information content (AvgIpc) is 2.33. The van der Waals surface area contributed by atoms with Crippen molar-refractivity contribution in [2.24, 2.45) is 0 Å². The normalized spacial score (nSPS) is 10.4. The van der Waals surface area contributed by atoms with Crippen molar-refractivity contribution >= 4 is 63.7 Å². The van der Waals surface area contributed by atoms with Crippen LogP contribution in [-0.2, 0) is 0 Å². The van der Waals surface area contributed by atoms with Gasteiger partial charge < -0.3 is 11.1 Å². The Labute approximate surface area is 135 Å². The van der Waals surface area contributed by atoms with Gasteiger partial charge in [0, 0.05) is 21.3 Å². The Hall–Kier alpha value is -1.13. The van der Waals surface area contributed by atoms with Crippen molar-refractivity contribution in [1.82, 2.24) is 0 Å². The highest BCUT2D eigenvalue weighted by molar-refractivity contribution is 6.44. The van der Waals surface area contributed by atoms with Crippen LogP contribution in [0.2, 0.25) is 20.1 Å². The van der Waals surface area contributed by atoms with Crippen LogP contribution >= 0.6 is 46.4 Å². The van der Waals surface area contributed by atoms with Crippen molar-refractivity contribution in [3.8, 4) is 0 Å². The van der Waals surface area contributed by atoms with Gasteiger partial charge in [0.25, 0.3) is 5.91 Å². The molecule has 0 atom stereocenters. The first kappa shape index (κ1) is 15.3. The van der Waals surface area contributed by atoms with E-state index in [0.717, 1.165) is 0 Å². The zero-order valence-corrected chi connectivity index (χ0v) is 12.9. The molecule has 104 valence electrons. The number of carbonyl (C=O) groups excluding carboxylic acids is 1. The molecule has 0 spiro atoms. The molecule has 0 aromatic heterocycles. The number of halogens is 4.